The molecule has 37 heavy (non-hydrogen) atoms. The molecule has 0 aliphatic carbocycles. The monoisotopic (exact) mass is 545 g/mol. The molecule has 3 aromatic carbocycles. The van der Waals surface area contributed by atoms with Crippen LogP contribution in [0.3, 0.4) is 0 Å². The number of rotatable bonds is 10. The van der Waals surface area contributed by atoms with E-state index in [9.17, 15) is 22.4 Å². The van der Waals surface area contributed by atoms with E-state index in [2.05, 4.69) is 5.32 Å². The summed E-state index contributed by atoms with van der Waals surface area (Å²) in [5.41, 5.74) is 1.76. The molecule has 196 valence electrons. The molecule has 3 rings (SSSR count). The molecule has 2 amide bonds. The van der Waals surface area contributed by atoms with Crippen LogP contribution in [0.2, 0.25) is 5.02 Å². The number of carbonyl (C=O) groups is 2. The SMILES string of the molecule is CC[C@H](C(=O)NC)N(Cc1ccccc1C)C(=O)CN(c1ccc(F)c(Cl)c1)S(=O)(=O)c1ccccc1. The highest BCUT2D eigenvalue weighted by molar-refractivity contribution is 7.92. The molecule has 10 heteroatoms. The van der Waals surface area contributed by atoms with Crippen LogP contribution in [0.5, 0.6) is 0 Å². The quantitative estimate of drug-likeness (QED) is 0.405. The van der Waals surface area contributed by atoms with Crippen LogP contribution in [-0.4, -0.2) is 44.8 Å². The second kappa shape index (κ2) is 12.2. The Balaban J connectivity index is 2.09. The molecule has 0 unspecified atom stereocenters. The lowest BCUT2D eigenvalue weighted by Crippen LogP contribution is -2.51. The van der Waals surface area contributed by atoms with Crippen LogP contribution in [0.25, 0.3) is 0 Å². The largest absolute Gasteiger partial charge is 0.357 e. The molecule has 3 aromatic rings. The minimum Gasteiger partial charge on any atom is -0.357 e. The van der Waals surface area contributed by atoms with Gasteiger partial charge in [0, 0.05) is 13.6 Å². The fourth-order valence-electron chi connectivity index (χ4n) is 3.95. The van der Waals surface area contributed by atoms with Crippen molar-refractivity contribution in [3.63, 3.8) is 0 Å². The number of carbonyl (C=O) groups excluding carboxylic acids is 2. The number of halogens is 2. The summed E-state index contributed by atoms with van der Waals surface area (Å²) in [7, 11) is -2.77. The Morgan fingerprint density at radius 1 is 1.03 bits per heavy atom. The smallest absolute Gasteiger partial charge is 0.264 e. The van der Waals surface area contributed by atoms with Gasteiger partial charge >= 0.3 is 0 Å². The van der Waals surface area contributed by atoms with Gasteiger partial charge in [0.15, 0.2) is 0 Å². The summed E-state index contributed by atoms with van der Waals surface area (Å²) in [4.78, 5) is 27.9. The van der Waals surface area contributed by atoms with E-state index in [0.29, 0.717) is 6.42 Å². The van der Waals surface area contributed by atoms with E-state index in [4.69, 9.17) is 11.6 Å². The molecule has 0 saturated heterocycles. The summed E-state index contributed by atoms with van der Waals surface area (Å²) in [5, 5.41) is 2.30. The molecule has 0 bridgehead atoms. The number of nitrogens with zero attached hydrogens (tertiary/aromatic N) is 2. The maximum absolute atomic E-state index is 13.9. The molecular weight excluding hydrogens is 517 g/mol. The highest BCUT2D eigenvalue weighted by Crippen LogP contribution is 2.28. The van der Waals surface area contributed by atoms with Crippen LogP contribution < -0.4 is 9.62 Å². The highest BCUT2D eigenvalue weighted by atomic mass is 35.5. The molecule has 0 saturated carbocycles. The number of benzene rings is 3. The van der Waals surface area contributed by atoms with Crippen molar-refractivity contribution in [2.45, 2.75) is 37.8 Å². The molecule has 1 N–H and O–H groups in total. The van der Waals surface area contributed by atoms with Gasteiger partial charge in [0.1, 0.15) is 18.4 Å². The van der Waals surface area contributed by atoms with E-state index >= 15 is 0 Å². The minimum absolute atomic E-state index is 0.0208. The summed E-state index contributed by atoms with van der Waals surface area (Å²) in [5.74, 6) is -1.69. The zero-order valence-electron chi connectivity index (χ0n) is 20.8. The lowest BCUT2D eigenvalue weighted by molar-refractivity contribution is -0.140. The van der Waals surface area contributed by atoms with Crippen molar-refractivity contribution in [2.75, 3.05) is 17.9 Å². The average Bonchev–Trinajstić information content (AvgIpc) is 2.90. The Labute approximate surface area is 221 Å². The third-order valence-corrected chi connectivity index (χ3v) is 8.11. The predicted molar refractivity (Wildman–Crippen MR) is 142 cm³/mol. The molecule has 1 atom stereocenters. The van der Waals surface area contributed by atoms with Crippen molar-refractivity contribution in [1.29, 1.82) is 0 Å². The highest BCUT2D eigenvalue weighted by Gasteiger charge is 2.33. The van der Waals surface area contributed by atoms with Gasteiger partial charge in [-0.15, -0.1) is 0 Å². The standard InChI is InChI=1S/C27H29ClFN3O4S/c1-4-25(27(34)30-3)31(17-20-11-9-8-10-19(20)2)26(33)18-32(21-14-15-24(29)23(28)16-21)37(35,36)22-12-6-5-7-13-22/h5-16,25H,4,17-18H2,1-3H3,(H,30,34)/t25-/m1/s1. The number of amides is 2. The van der Waals surface area contributed by atoms with Gasteiger partial charge in [0.25, 0.3) is 10.0 Å². The fourth-order valence-corrected chi connectivity index (χ4v) is 5.55. The fraction of sp³-hybridized carbons (Fsp3) is 0.259. The van der Waals surface area contributed by atoms with Crippen molar-refractivity contribution in [2.24, 2.45) is 0 Å². The normalized spacial score (nSPS) is 12.0. The third-order valence-electron chi connectivity index (χ3n) is 6.04. The van der Waals surface area contributed by atoms with E-state index in [1.165, 1.54) is 30.1 Å². The Kier molecular flexibility index (Phi) is 9.29. The molecule has 0 spiro atoms. The summed E-state index contributed by atoms with van der Waals surface area (Å²) >= 11 is 5.97. The number of anilines is 1. The zero-order chi connectivity index (χ0) is 27.2. The van der Waals surface area contributed by atoms with E-state index in [1.54, 1.807) is 25.1 Å². The maximum Gasteiger partial charge on any atom is 0.264 e. The minimum atomic E-state index is -4.25. The first-order valence-corrected chi connectivity index (χ1v) is 13.5. The number of hydrogen-bond acceptors (Lipinski definition) is 4. The molecule has 0 heterocycles. The van der Waals surface area contributed by atoms with Gasteiger partial charge in [-0.2, -0.15) is 0 Å². The van der Waals surface area contributed by atoms with Gasteiger partial charge in [-0.25, -0.2) is 12.8 Å². The number of nitrogens with one attached hydrogen (secondary N) is 1. The van der Waals surface area contributed by atoms with E-state index in [0.717, 1.165) is 27.6 Å². The number of hydrogen-bond donors (Lipinski definition) is 1. The van der Waals surface area contributed by atoms with Gasteiger partial charge in [-0.1, -0.05) is 61.0 Å². The second-order valence-electron chi connectivity index (χ2n) is 8.41. The van der Waals surface area contributed by atoms with E-state index in [1.807, 2.05) is 31.2 Å². The lowest BCUT2D eigenvalue weighted by Gasteiger charge is -2.33. The summed E-state index contributed by atoms with van der Waals surface area (Å²) < 4.78 is 42.1. The van der Waals surface area contributed by atoms with Gasteiger partial charge in [0.2, 0.25) is 11.8 Å². The Morgan fingerprint density at radius 3 is 2.27 bits per heavy atom. The van der Waals surface area contributed by atoms with Crippen molar-refractivity contribution >= 4 is 39.1 Å². The Morgan fingerprint density at radius 2 is 1.68 bits per heavy atom. The van der Waals surface area contributed by atoms with Gasteiger partial charge < -0.3 is 10.2 Å². The van der Waals surface area contributed by atoms with Crippen molar-refractivity contribution in [3.05, 3.63) is 94.8 Å². The first kappa shape index (κ1) is 28.1. The number of likely N-dealkylation sites (N-methyl/N-ethyl adjacent to an activating group) is 1. The summed E-state index contributed by atoms with van der Waals surface area (Å²) in [6.45, 7) is 3.14. The van der Waals surface area contributed by atoms with Crippen molar-refractivity contribution < 1.29 is 22.4 Å². The van der Waals surface area contributed by atoms with Crippen LogP contribution in [0.4, 0.5) is 10.1 Å². The summed E-state index contributed by atoms with van der Waals surface area (Å²) in [6.07, 6.45) is 0.311. The van der Waals surface area contributed by atoms with Gasteiger partial charge in [-0.05, 0) is 54.8 Å². The van der Waals surface area contributed by atoms with Crippen molar-refractivity contribution in [3.8, 4) is 0 Å². The van der Waals surface area contributed by atoms with E-state index < -0.39 is 34.3 Å². The molecule has 0 radical (unpaired) electrons. The first-order chi connectivity index (χ1) is 17.6. The molecule has 0 fully saturated rings. The number of sulfonamides is 1. The first-order valence-electron chi connectivity index (χ1n) is 11.7. The maximum atomic E-state index is 13.9. The van der Waals surface area contributed by atoms with E-state index in [-0.39, 0.29) is 28.1 Å². The average molecular weight is 546 g/mol. The predicted octanol–water partition coefficient (Wildman–Crippen LogP) is 4.54. The van der Waals surface area contributed by atoms with Crippen LogP contribution in [0.1, 0.15) is 24.5 Å². The van der Waals surface area contributed by atoms with Gasteiger partial charge in [-0.3, -0.25) is 13.9 Å². The molecule has 7 nitrogen and oxygen atoms in total. The topological polar surface area (TPSA) is 86.8 Å². The molecule has 0 aromatic heterocycles. The van der Waals surface area contributed by atoms with Crippen LogP contribution in [0.15, 0.2) is 77.7 Å². The molecule has 0 aliphatic heterocycles. The number of aryl methyl sites for hydroxylation is 1. The van der Waals surface area contributed by atoms with Gasteiger partial charge in [0.05, 0.1) is 15.6 Å². The zero-order valence-corrected chi connectivity index (χ0v) is 22.4. The lowest BCUT2D eigenvalue weighted by atomic mass is 10.1. The third kappa shape index (κ3) is 6.47. The summed E-state index contributed by atoms with van der Waals surface area (Å²) in [6, 6.07) is 17.7. The van der Waals surface area contributed by atoms with Crippen LogP contribution in [0, 0.1) is 12.7 Å². The Hall–Kier alpha value is -3.43. The van der Waals surface area contributed by atoms with Crippen LogP contribution >= 0.6 is 11.6 Å². The second-order valence-corrected chi connectivity index (χ2v) is 10.7. The van der Waals surface area contributed by atoms with Crippen LogP contribution in [-0.2, 0) is 26.2 Å². The molecular formula is C27H29ClFN3O4S. The Bertz CT molecular complexity index is 1370. The molecule has 0 aliphatic rings. The van der Waals surface area contributed by atoms with Crippen molar-refractivity contribution in [1.82, 2.24) is 10.2 Å².